The van der Waals surface area contributed by atoms with Gasteiger partial charge in [-0.15, -0.1) is 0 Å². The molecule has 0 unspecified atom stereocenters. The number of piperazine rings is 1. The Labute approximate surface area is 172 Å². The molecule has 1 aliphatic heterocycles. The summed E-state index contributed by atoms with van der Waals surface area (Å²) >= 11 is 0. The van der Waals surface area contributed by atoms with E-state index < -0.39 is 11.2 Å². The second-order valence-electron chi connectivity index (χ2n) is 7.59. The van der Waals surface area contributed by atoms with Gasteiger partial charge in [0.15, 0.2) is 11.2 Å². The zero-order valence-corrected chi connectivity index (χ0v) is 17.3. The summed E-state index contributed by atoms with van der Waals surface area (Å²) in [6.45, 7) is 4.94. The lowest BCUT2D eigenvalue weighted by Gasteiger charge is -2.36. The quantitative estimate of drug-likeness (QED) is 0.620. The molecule has 0 bridgehead atoms. The van der Waals surface area contributed by atoms with E-state index in [0.29, 0.717) is 11.7 Å². The van der Waals surface area contributed by atoms with E-state index in [2.05, 4.69) is 27.4 Å². The maximum atomic E-state index is 12.6. The van der Waals surface area contributed by atoms with Crippen LogP contribution in [-0.4, -0.2) is 50.3 Å². The summed E-state index contributed by atoms with van der Waals surface area (Å²) in [6, 6.07) is 8.14. The van der Waals surface area contributed by atoms with Crippen LogP contribution in [0.15, 0.2) is 40.2 Å². The number of nitrogens with one attached hydrogen (secondary N) is 2. The predicted molar refractivity (Wildman–Crippen MR) is 115 cm³/mol. The number of imidazole rings is 1. The molecule has 30 heavy (non-hydrogen) atoms. The summed E-state index contributed by atoms with van der Waals surface area (Å²) in [5, 5.41) is 6.22. The summed E-state index contributed by atoms with van der Waals surface area (Å²) in [5.74, 6) is -0.284. The normalized spacial score (nSPS) is 16.8. The van der Waals surface area contributed by atoms with Crippen molar-refractivity contribution in [3.63, 3.8) is 0 Å². The van der Waals surface area contributed by atoms with Crippen molar-refractivity contribution in [3.8, 4) is 0 Å². The predicted octanol–water partition coefficient (Wildman–Crippen LogP) is -0.129. The van der Waals surface area contributed by atoms with Crippen molar-refractivity contribution < 1.29 is 4.79 Å². The molecule has 4 rings (SSSR count). The number of amides is 1. The number of aryl methyl sites for hydroxylation is 1. The van der Waals surface area contributed by atoms with Crippen LogP contribution in [0.5, 0.6) is 0 Å². The molecule has 1 aliphatic rings. The third-order valence-electron chi connectivity index (χ3n) is 5.52. The number of aromatic nitrogens is 4. The van der Waals surface area contributed by atoms with Crippen LogP contribution in [-0.2, 0) is 25.4 Å². The molecule has 2 N–H and O–H groups in total. The van der Waals surface area contributed by atoms with E-state index in [4.69, 9.17) is 0 Å². The number of rotatable bonds is 4. The van der Waals surface area contributed by atoms with Gasteiger partial charge in [-0.2, -0.15) is 0 Å². The number of hydrogen-bond donors (Lipinski definition) is 2. The Morgan fingerprint density at radius 3 is 2.63 bits per heavy atom. The molecule has 1 saturated heterocycles. The summed E-state index contributed by atoms with van der Waals surface area (Å²) in [6.07, 6.45) is 1.40. The topological polar surface area (TPSA) is 106 Å². The number of fused-ring (bicyclic) bond motifs is 1. The molecule has 2 aromatic heterocycles. The molecule has 1 fully saturated rings. The number of nitrogens with zero attached hydrogens (tertiary/aromatic N) is 5. The molecule has 10 heteroatoms. The first-order chi connectivity index (χ1) is 14.4. The van der Waals surface area contributed by atoms with Gasteiger partial charge in [-0.25, -0.2) is 9.78 Å². The fourth-order valence-corrected chi connectivity index (χ4v) is 3.83. The molecular weight excluding hydrogens is 386 g/mol. The summed E-state index contributed by atoms with van der Waals surface area (Å²) in [7, 11) is 2.95. The largest absolute Gasteiger partial charge is 0.366 e. The highest BCUT2D eigenvalue weighted by Crippen LogP contribution is 2.21. The van der Waals surface area contributed by atoms with Gasteiger partial charge in [-0.1, -0.05) is 0 Å². The minimum absolute atomic E-state index is 0.0828. The van der Waals surface area contributed by atoms with E-state index in [1.165, 1.54) is 22.5 Å². The molecule has 0 radical (unpaired) electrons. The molecule has 1 aromatic carbocycles. The van der Waals surface area contributed by atoms with E-state index >= 15 is 0 Å². The zero-order chi connectivity index (χ0) is 21.4. The Bertz CT molecular complexity index is 1210. The van der Waals surface area contributed by atoms with Crippen LogP contribution in [0.3, 0.4) is 0 Å². The highest BCUT2D eigenvalue weighted by Gasteiger charge is 2.18. The van der Waals surface area contributed by atoms with Crippen molar-refractivity contribution in [2.75, 3.05) is 29.9 Å². The standard InChI is InChI=1S/C20H25N7O3/c1-13-10-21-8-9-27(13)15-6-4-14(5-7-15)23-16(28)11-26-12-22-18-17(26)19(29)25(3)20(30)24(18)2/h4-7,12-13,21H,8-11H2,1-3H3,(H,23,28)/t13-/m0/s1. The third-order valence-corrected chi connectivity index (χ3v) is 5.52. The van der Waals surface area contributed by atoms with Crippen LogP contribution in [0.2, 0.25) is 0 Å². The van der Waals surface area contributed by atoms with E-state index in [0.717, 1.165) is 29.9 Å². The van der Waals surface area contributed by atoms with E-state index in [1.54, 1.807) is 7.05 Å². The minimum atomic E-state index is -0.479. The number of carbonyl (C=O) groups excluding carboxylic acids is 1. The van der Waals surface area contributed by atoms with E-state index in [1.807, 2.05) is 24.3 Å². The highest BCUT2D eigenvalue weighted by molar-refractivity contribution is 5.91. The van der Waals surface area contributed by atoms with Gasteiger partial charge in [0.05, 0.1) is 6.33 Å². The van der Waals surface area contributed by atoms with Gasteiger partial charge in [0, 0.05) is 51.1 Å². The van der Waals surface area contributed by atoms with Gasteiger partial charge >= 0.3 is 5.69 Å². The Kier molecular flexibility index (Phi) is 5.17. The summed E-state index contributed by atoms with van der Waals surface area (Å²) in [4.78, 5) is 43.5. The summed E-state index contributed by atoms with van der Waals surface area (Å²) in [5.41, 5.74) is 1.33. The fourth-order valence-electron chi connectivity index (χ4n) is 3.83. The lowest BCUT2D eigenvalue weighted by Crippen LogP contribution is -2.49. The van der Waals surface area contributed by atoms with Crippen LogP contribution in [0.4, 0.5) is 11.4 Å². The minimum Gasteiger partial charge on any atom is -0.366 e. The van der Waals surface area contributed by atoms with Crippen molar-refractivity contribution in [2.45, 2.75) is 19.5 Å². The van der Waals surface area contributed by atoms with Crippen molar-refractivity contribution in [1.29, 1.82) is 0 Å². The average molecular weight is 411 g/mol. The maximum absolute atomic E-state index is 12.6. The lowest BCUT2D eigenvalue weighted by molar-refractivity contribution is -0.116. The van der Waals surface area contributed by atoms with Gasteiger partial charge in [-0.3, -0.25) is 18.7 Å². The van der Waals surface area contributed by atoms with Crippen molar-refractivity contribution in [2.24, 2.45) is 14.1 Å². The highest BCUT2D eigenvalue weighted by atomic mass is 16.2. The van der Waals surface area contributed by atoms with E-state index in [9.17, 15) is 14.4 Å². The molecule has 0 spiro atoms. The number of benzene rings is 1. The van der Waals surface area contributed by atoms with E-state index in [-0.39, 0.29) is 23.6 Å². The van der Waals surface area contributed by atoms with Crippen molar-refractivity contribution >= 4 is 28.4 Å². The SMILES string of the molecule is C[C@H]1CNCCN1c1ccc(NC(=O)Cn2cnc3c2c(=O)n(C)c(=O)n3C)cc1. The maximum Gasteiger partial charge on any atom is 0.332 e. The Morgan fingerprint density at radius 1 is 1.20 bits per heavy atom. The monoisotopic (exact) mass is 411 g/mol. The Hall–Kier alpha value is -3.40. The molecular formula is C20H25N7O3. The molecule has 158 valence electrons. The van der Waals surface area contributed by atoms with Crippen LogP contribution in [0.1, 0.15) is 6.92 Å². The molecule has 1 amide bonds. The van der Waals surface area contributed by atoms with Gasteiger partial charge in [0.25, 0.3) is 5.56 Å². The second-order valence-corrected chi connectivity index (χ2v) is 7.59. The number of anilines is 2. The fraction of sp³-hybridized carbons (Fsp3) is 0.400. The molecule has 0 aliphatic carbocycles. The first-order valence-electron chi connectivity index (χ1n) is 9.85. The Morgan fingerprint density at radius 2 is 1.93 bits per heavy atom. The van der Waals surface area contributed by atoms with Crippen LogP contribution < -0.4 is 26.8 Å². The molecule has 1 atom stereocenters. The van der Waals surface area contributed by atoms with Crippen LogP contribution in [0.25, 0.3) is 11.2 Å². The van der Waals surface area contributed by atoms with Gasteiger partial charge < -0.3 is 20.1 Å². The number of hydrogen-bond acceptors (Lipinski definition) is 6. The smallest absolute Gasteiger partial charge is 0.332 e. The first kappa shape index (κ1) is 19.9. The lowest BCUT2D eigenvalue weighted by atomic mass is 10.1. The molecule has 10 nitrogen and oxygen atoms in total. The van der Waals surface area contributed by atoms with Crippen molar-refractivity contribution in [3.05, 3.63) is 51.4 Å². The zero-order valence-electron chi connectivity index (χ0n) is 17.3. The molecule has 3 heterocycles. The average Bonchev–Trinajstić information content (AvgIpc) is 3.15. The molecule has 0 saturated carbocycles. The first-order valence-corrected chi connectivity index (χ1v) is 9.85. The number of carbonyl (C=O) groups is 1. The third kappa shape index (κ3) is 3.50. The molecule has 3 aromatic rings. The Balaban J connectivity index is 1.50. The summed E-state index contributed by atoms with van der Waals surface area (Å²) < 4.78 is 3.76. The van der Waals surface area contributed by atoms with Gasteiger partial charge in [0.2, 0.25) is 5.91 Å². The van der Waals surface area contributed by atoms with Crippen LogP contribution in [0, 0.1) is 0 Å². The van der Waals surface area contributed by atoms with Gasteiger partial charge in [-0.05, 0) is 31.2 Å². The van der Waals surface area contributed by atoms with Crippen molar-refractivity contribution in [1.82, 2.24) is 24.0 Å². The van der Waals surface area contributed by atoms with Gasteiger partial charge in [0.1, 0.15) is 6.54 Å². The van der Waals surface area contributed by atoms with Crippen LogP contribution >= 0.6 is 0 Å². The second kappa shape index (κ2) is 7.79.